The Morgan fingerprint density at radius 3 is 1.55 bits per heavy atom. The molecule has 15 heteroatoms. The van der Waals surface area contributed by atoms with Crippen LogP contribution in [0.2, 0.25) is 0 Å². The fourth-order valence-electron chi connectivity index (χ4n) is 1.70. The molecule has 10 N–H and O–H groups in total. The summed E-state index contributed by atoms with van der Waals surface area (Å²) in [5.41, 5.74) is 5.07. The van der Waals surface area contributed by atoms with Gasteiger partial charge in [0.2, 0.25) is 29.5 Å². The fraction of sp³-hybridized carbons (Fsp3) is 0.571. The van der Waals surface area contributed by atoms with Crippen LogP contribution in [0.25, 0.3) is 0 Å². The molecule has 0 unspecified atom stereocenters. The normalized spacial score (nSPS) is 12.1. The first-order valence-electron chi connectivity index (χ1n) is 8.19. The second-order valence-electron chi connectivity index (χ2n) is 5.42. The molecule has 0 saturated heterocycles. The van der Waals surface area contributed by atoms with Gasteiger partial charge in [0.05, 0.1) is 32.8 Å². The molecule has 0 aromatic rings. The molecular weight excluding hydrogens is 396 g/mol. The predicted octanol–water partition coefficient (Wildman–Crippen LogP) is -6.67. The highest BCUT2D eigenvalue weighted by molar-refractivity contribution is 5.93. The summed E-state index contributed by atoms with van der Waals surface area (Å²) in [5.74, 6) is -5.48. The molecule has 0 aliphatic carbocycles. The minimum absolute atomic E-state index is 0.411. The zero-order chi connectivity index (χ0) is 22.4. The molecule has 0 heterocycles. The Morgan fingerprint density at radius 1 is 0.690 bits per heavy atom. The van der Waals surface area contributed by atoms with Crippen molar-refractivity contribution >= 4 is 35.5 Å². The summed E-state index contributed by atoms with van der Waals surface area (Å²) < 4.78 is 0. The third-order valence-electron chi connectivity index (χ3n) is 3.14. The van der Waals surface area contributed by atoms with Crippen LogP contribution in [0.1, 0.15) is 0 Å². The molecule has 0 fully saturated rings. The zero-order valence-electron chi connectivity index (χ0n) is 15.3. The van der Waals surface area contributed by atoms with E-state index in [1.165, 1.54) is 0 Å². The monoisotopic (exact) mass is 420 g/mol. The van der Waals surface area contributed by atoms with Crippen LogP contribution in [-0.4, -0.2) is 102 Å². The highest BCUT2D eigenvalue weighted by atomic mass is 16.4. The van der Waals surface area contributed by atoms with Gasteiger partial charge in [-0.3, -0.25) is 28.8 Å². The maximum atomic E-state index is 11.8. The van der Waals surface area contributed by atoms with Crippen molar-refractivity contribution in [1.29, 1.82) is 0 Å². The quantitative estimate of drug-likeness (QED) is 0.136. The van der Waals surface area contributed by atoms with Gasteiger partial charge in [0.15, 0.2) is 0 Å². The molecule has 29 heavy (non-hydrogen) atoms. The summed E-state index contributed by atoms with van der Waals surface area (Å²) >= 11 is 0. The summed E-state index contributed by atoms with van der Waals surface area (Å²) in [6.45, 7) is -3.86. The van der Waals surface area contributed by atoms with Crippen LogP contribution < -0.4 is 32.3 Å². The van der Waals surface area contributed by atoms with Gasteiger partial charge >= 0.3 is 5.97 Å². The van der Waals surface area contributed by atoms with Gasteiger partial charge < -0.3 is 47.6 Å². The number of carbonyl (C=O) groups is 6. The molecular formula is C14H24N6O9. The summed E-state index contributed by atoms with van der Waals surface area (Å²) in [6.07, 6.45) is 0. The summed E-state index contributed by atoms with van der Waals surface area (Å²) in [5, 5.41) is 37.1. The smallest absolute Gasteiger partial charge is 0.322 e. The largest absolute Gasteiger partial charge is 0.480 e. The van der Waals surface area contributed by atoms with Crippen LogP contribution in [-0.2, 0) is 28.8 Å². The summed E-state index contributed by atoms with van der Waals surface area (Å²) in [7, 11) is 0. The van der Waals surface area contributed by atoms with E-state index < -0.39 is 87.0 Å². The Bertz CT molecular complexity index is 627. The van der Waals surface area contributed by atoms with E-state index in [0.29, 0.717) is 0 Å². The third-order valence-corrected chi connectivity index (χ3v) is 3.14. The lowest BCUT2D eigenvalue weighted by Crippen LogP contribution is -2.55. The SMILES string of the molecule is NCC(=O)N[C@@H](CO)C(=O)NCC(=O)N[C@@H](CO)C(=O)NCC(=O)NCC(=O)O. The molecule has 0 bridgehead atoms. The van der Waals surface area contributed by atoms with Gasteiger partial charge in [0.25, 0.3) is 0 Å². The second-order valence-corrected chi connectivity index (χ2v) is 5.42. The molecule has 0 aliphatic rings. The first-order valence-corrected chi connectivity index (χ1v) is 8.19. The van der Waals surface area contributed by atoms with Gasteiger partial charge in [-0.05, 0) is 0 Å². The fourth-order valence-corrected chi connectivity index (χ4v) is 1.70. The minimum atomic E-state index is -1.45. The molecule has 15 nitrogen and oxygen atoms in total. The van der Waals surface area contributed by atoms with Crippen molar-refractivity contribution in [1.82, 2.24) is 26.6 Å². The van der Waals surface area contributed by atoms with Crippen molar-refractivity contribution in [3.63, 3.8) is 0 Å². The molecule has 0 rings (SSSR count). The van der Waals surface area contributed by atoms with Crippen LogP contribution >= 0.6 is 0 Å². The summed E-state index contributed by atoms with van der Waals surface area (Å²) in [4.78, 5) is 68.2. The molecule has 0 aromatic carbocycles. The molecule has 2 atom stereocenters. The lowest BCUT2D eigenvalue weighted by atomic mass is 10.2. The van der Waals surface area contributed by atoms with Crippen molar-refractivity contribution in [2.75, 3.05) is 39.4 Å². The van der Waals surface area contributed by atoms with Gasteiger partial charge in [0.1, 0.15) is 18.6 Å². The van der Waals surface area contributed by atoms with Crippen molar-refractivity contribution in [2.45, 2.75) is 12.1 Å². The molecule has 0 aliphatic heterocycles. The molecule has 0 aromatic heterocycles. The number of hydrogen-bond acceptors (Lipinski definition) is 9. The van der Waals surface area contributed by atoms with E-state index in [-0.39, 0.29) is 0 Å². The van der Waals surface area contributed by atoms with E-state index in [4.69, 9.17) is 15.9 Å². The van der Waals surface area contributed by atoms with Crippen LogP contribution in [0.4, 0.5) is 0 Å². The minimum Gasteiger partial charge on any atom is -0.480 e. The Morgan fingerprint density at radius 2 is 1.14 bits per heavy atom. The van der Waals surface area contributed by atoms with Crippen molar-refractivity contribution in [3.8, 4) is 0 Å². The van der Waals surface area contributed by atoms with Gasteiger partial charge in [-0.1, -0.05) is 0 Å². The number of carboxylic acid groups (broad SMARTS) is 1. The number of carbonyl (C=O) groups excluding carboxylic acids is 5. The molecule has 5 amide bonds. The van der Waals surface area contributed by atoms with Crippen LogP contribution in [0.3, 0.4) is 0 Å². The highest BCUT2D eigenvalue weighted by Crippen LogP contribution is 1.86. The average molecular weight is 420 g/mol. The topological polar surface area (TPSA) is 249 Å². The molecule has 0 radical (unpaired) electrons. The van der Waals surface area contributed by atoms with E-state index in [2.05, 4.69) is 21.3 Å². The molecule has 0 saturated carbocycles. The highest BCUT2D eigenvalue weighted by Gasteiger charge is 2.23. The number of aliphatic hydroxyl groups is 2. The Balaban J connectivity index is 4.43. The van der Waals surface area contributed by atoms with Crippen molar-refractivity contribution in [2.24, 2.45) is 5.73 Å². The van der Waals surface area contributed by atoms with Gasteiger partial charge in [-0.15, -0.1) is 0 Å². The molecule has 0 spiro atoms. The maximum Gasteiger partial charge on any atom is 0.322 e. The van der Waals surface area contributed by atoms with E-state index in [1.807, 2.05) is 5.32 Å². The van der Waals surface area contributed by atoms with Crippen molar-refractivity contribution < 1.29 is 44.1 Å². The number of aliphatic carboxylic acids is 1. The Labute approximate surface area is 164 Å². The number of aliphatic hydroxyl groups excluding tert-OH is 2. The van der Waals surface area contributed by atoms with Crippen LogP contribution in [0.5, 0.6) is 0 Å². The first kappa shape index (κ1) is 25.7. The zero-order valence-corrected chi connectivity index (χ0v) is 15.3. The van der Waals surface area contributed by atoms with E-state index in [9.17, 15) is 33.9 Å². The Kier molecular flexibility index (Phi) is 12.2. The summed E-state index contributed by atoms with van der Waals surface area (Å²) in [6, 6.07) is -2.78. The van der Waals surface area contributed by atoms with E-state index in [0.717, 1.165) is 0 Å². The van der Waals surface area contributed by atoms with E-state index >= 15 is 0 Å². The number of nitrogens with two attached hydrogens (primary N) is 1. The van der Waals surface area contributed by atoms with E-state index in [1.54, 1.807) is 0 Å². The lowest BCUT2D eigenvalue weighted by Gasteiger charge is -2.18. The maximum absolute atomic E-state index is 11.8. The van der Waals surface area contributed by atoms with Gasteiger partial charge in [0, 0.05) is 0 Å². The average Bonchev–Trinajstić information content (AvgIpc) is 2.70. The lowest BCUT2D eigenvalue weighted by molar-refractivity contribution is -0.138. The standard InChI is InChI=1S/C14H24N6O9/c15-1-9(23)19-7(5-21)13(28)18-3-11(25)20-8(6-22)14(29)17-2-10(24)16-4-12(26)27/h7-8,21-22H,1-6,15H2,(H,16,24)(H,17,29)(H,18,28)(H,19,23)(H,20,25)(H,26,27)/t7-,8-/m0/s1. The predicted molar refractivity (Wildman–Crippen MR) is 93.8 cm³/mol. The number of amides is 5. The third kappa shape index (κ3) is 11.2. The van der Waals surface area contributed by atoms with Crippen molar-refractivity contribution in [3.05, 3.63) is 0 Å². The second kappa shape index (κ2) is 13.8. The molecule has 164 valence electrons. The first-order chi connectivity index (χ1) is 13.6. The number of carboxylic acids is 1. The number of nitrogens with one attached hydrogen (secondary N) is 5. The Hall–Kier alpha value is -3.30. The van der Waals surface area contributed by atoms with Gasteiger partial charge in [-0.25, -0.2) is 0 Å². The van der Waals surface area contributed by atoms with Crippen LogP contribution in [0.15, 0.2) is 0 Å². The number of hydrogen-bond donors (Lipinski definition) is 9. The number of rotatable bonds is 13. The van der Waals surface area contributed by atoms with Gasteiger partial charge in [-0.2, -0.15) is 0 Å². The van der Waals surface area contributed by atoms with Crippen LogP contribution in [0, 0.1) is 0 Å².